The van der Waals surface area contributed by atoms with E-state index in [0.717, 1.165) is 116 Å². The molecule has 0 heterocycles. The van der Waals surface area contributed by atoms with Gasteiger partial charge in [-0.05, 0) is 128 Å². The molecular formula is C75H122O6. The summed E-state index contributed by atoms with van der Waals surface area (Å²) >= 11 is 0. The van der Waals surface area contributed by atoms with E-state index in [0.29, 0.717) is 19.3 Å². The fourth-order valence-electron chi connectivity index (χ4n) is 8.90. The van der Waals surface area contributed by atoms with Crippen LogP contribution < -0.4 is 0 Å². The van der Waals surface area contributed by atoms with Gasteiger partial charge < -0.3 is 14.2 Å². The van der Waals surface area contributed by atoms with Crippen molar-refractivity contribution in [3.8, 4) is 0 Å². The van der Waals surface area contributed by atoms with Crippen molar-refractivity contribution in [2.24, 2.45) is 0 Å². The number of hydrogen-bond donors (Lipinski definition) is 0. The smallest absolute Gasteiger partial charge is 0.306 e. The summed E-state index contributed by atoms with van der Waals surface area (Å²) in [6.45, 7) is 6.34. The average molecular weight is 1120 g/mol. The van der Waals surface area contributed by atoms with E-state index in [1.54, 1.807) is 0 Å². The van der Waals surface area contributed by atoms with Crippen molar-refractivity contribution in [1.82, 2.24) is 0 Å². The normalized spacial score (nSPS) is 13.1. The van der Waals surface area contributed by atoms with Crippen molar-refractivity contribution >= 4 is 17.9 Å². The predicted octanol–water partition coefficient (Wildman–Crippen LogP) is 23.1. The van der Waals surface area contributed by atoms with E-state index in [4.69, 9.17) is 14.2 Å². The molecule has 0 aliphatic carbocycles. The molecule has 6 nitrogen and oxygen atoms in total. The summed E-state index contributed by atoms with van der Waals surface area (Å²) in [7, 11) is 0. The lowest BCUT2D eigenvalue weighted by Crippen LogP contribution is -2.30. The summed E-state index contributed by atoms with van der Waals surface area (Å²) in [4.78, 5) is 38.4. The minimum Gasteiger partial charge on any atom is -0.462 e. The van der Waals surface area contributed by atoms with Crippen molar-refractivity contribution in [3.63, 3.8) is 0 Å². The molecule has 6 heteroatoms. The van der Waals surface area contributed by atoms with Crippen molar-refractivity contribution in [1.29, 1.82) is 0 Å². The van der Waals surface area contributed by atoms with Gasteiger partial charge in [0.25, 0.3) is 0 Å². The number of allylic oxidation sites excluding steroid dienone is 24. The second kappa shape index (κ2) is 67.8. The lowest BCUT2D eigenvalue weighted by molar-refractivity contribution is -0.166. The van der Waals surface area contributed by atoms with Crippen molar-refractivity contribution in [3.05, 3.63) is 146 Å². The molecule has 0 aromatic heterocycles. The molecule has 1 atom stereocenters. The van der Waals surface area contributed by atoms with E-state index in [1.165, 1.54) is 128 Å². The molecule has 0 rings (SSSR count). The van der Waals surface area contributed by atoms with E-state index >= 15 is 0 Å². The van der Waals surface area contributed by atoms with Gasteiger partial charge in [-0.3, -0.25) is 14.4 Å². The fraction of sp³-hybridized carbons (Fsp3) is 0.640. The van der Waals surface area contributed by atoms with Crippen LogP contribution in [0.5, 0.6) is 0 Å². The number of carbonyl (C=O) groups is 3. The third-order valence-corrected chi connectivity index (χ3v) is 13.8. The maximum absolute atomic E-state index is 12.9. The van der Waals surface area contributed by atoms with Gasteiger partial charge in [-0.2, -0.15) is 0 Å². The highest BCUT2D eigenvalue weighted by atomic mass is 16.6. The van der Waals surface area contributed by atoms with Gasteiger partial charge in [-0.15, -0.1) is 0 Å². The first kappa shape index (κ1) is 76.3. The van der Waals surface area contributed by atoms with Crippen LogP contribution in [0.2, 0.25) is 0 Å². The first-order chi connectivity index (χ1) is 40.0. The SMILES string of the molecule is CC/C=C\C/C=C\C/C=C\C/C=C\C/C=C\C/C=C\CCC(=O)OC(COC(=O)CCCCC/C=C\C/C=C\C/C=C\C/C=C\C/C=C\CC)COC(=O)CCCCCCCCCCCCCCC/C=C\CCCCCCCCCC. The molecule has 0 saturated heterocycles. The molecule has 0 aromatic carbocycles. The second-order valence-electron chi connectivity index (χ2n) is 21.6. The monoisotopic (exact) mass is 1120 g/mol. The van der Waals surface area contributed by atoms with Crippen LogP contribution in [-0.2, 0) is 28.6 Å². The minimum absolute atomic E-state index is 0.123. The Morgan fingerprint density at radius 3 is 0.827 bits per heavy atom. The van der Waals surface area contributed by atoms with Crippen LogP contribution in [0.25, 0.3) is 0 Å². The van der Waals surface area contributed by atoms with E-state index in [9.17, 15) is 14.4 Å². The summed E-state index contributed by atoms with van der Waals surface area (Å²) in [5.41, 5.74) is 0. The van der Waals surface area contributed by atoms with Gasteiger partial charge in [0.2, 0.25) is 0 Å². The summed E-state index contributed by atoms with van der Waals surface area (Å²) in [6, 6.07) is 0. The summed E-state index contributed by atoms with van der Waals surface area (Å²) in [6.07, 6.45) is 97.3. The molecule has 1 unspecified atom stereocenters. The van der Waals surface area contributed by atoms with Crippen molar-refractivity contribution in [2.75, 3.05) is 13.2 Å². The van der Waals surface area contributed by atoms with Gasteiger partial charge in [0, 0.05) is 19.3 Å². The van der Waals surface area contributed by atoms with Gasteiger partial charge in [0.05, 0.1) is 0 Å². The Kier molecular flexibility index (Phi) is 63.9. The lowest BCUT2D eigenvalue weighted by atomic mass is 10.0. The quantitative estimate of drug-likeness (QED) is 0.0261. The highest BCUT2D eigenvalue weighted by molar-refractivity contribution is 5.71. The molecule has 0 aliphatic rings. The summed E-state index contributed by atoms with van der Waals surface area (Å²) in [5, 5.41) is 0. The van der Waals surface area contributed by atoms with Gasteiger partial charge in [-0.1, -0.05) is 289 Å². The topological polar surface area (TPSA) is 78.9 Å². The van der Waals surface area contributed by atoms with Gasteiger partial charge in [0.1, 0.15) is 13.2 Å². The van der Waals surface area contributed by atoms with Crippen LogP contribution >= 0.6 is 0 Å². The number of hydrogen-bond acceptors (Lipinski definition) is 6. The molecule has 81 heavy (non-hydrogen) atoms. The Morgan fingerprint density at radius 2 is 0.506 bits per heavy atom. The zero-order valence-electron chi connectivity index (χ0n) is 52.5. The third-order valence-electron chi connectivity index (χ3n) is 13.8. The Balaban J connectivity index is 4.50. The van der Waals surface area contributed by atoms with Crippen LogP contribution in [-0.4, -0.2) is 37.2 Å². The van der Waals surface area contributed by atoms with E-state index in [2.05, 4.69) is 154 Å². The number of esters is 3. The highest BCUT2D eigenvalue weighted by Gasteiger charge is 2.19. The van der Waals surface area contributed by atoms with Gasteiger partial charge in [-0.25, -0.2) is 0 Å². The number of unbranched alkanes of at least 4 members (excludes halogenated alkanes) is 24. The molecule has 0 amide bonds. The minimum atomic E-state index is -0.840. The molecule has 0 spiro atoms. The standard InChI is InChI=1S/C75H122O6/c1-4-7-10-13-16-19-22-25-28-31-34-35-36-37-38-39-42-44-47-50-53-56-59-62-65-68-74(77)80-71-72(81-75(78)69-66-63-60-57-54-51-48-45-41-33-30-27-24-21-18-15-12-9-6-3)70-79-73(76)67-64-61-58-55-52-49-46-43-40-32-29-26-23-20-17-14-11-8-5-2/h8-9,11-12,17-18,20-21,26-27,29-31,34,40-41,43,45,49,51-52,54,60,63,72H,4-7,10,13-16,19,22-25,28,32-33,35-39,42,44,46-48,50,53,55-59,61-62,64-71H2,1-3H3/b11-8-,12-9-,20-17-,21-18-,29-26-,30-27-,34-31-,43-40-,45-41-,52-49-,54-51-,63-60-. The number of ether oxygens (including phenoxy) is 3. The fourth-order valence-corrected chi connectivity index (χ4v) is 8.90. The van der Waals surface area contributed by atoms with E-state index < -0.39 is 12.1 Å². The van der Waals surface area contributed by atoms with Crippen LogP contribution in [0.4, 0.5) is 0 Å². The van der Waals surface area contributed by atoms with Crippen LogP contribution in [0, 0.1) is 0 Å². The Labute approximate surface area is 499 Å². The molecule has 0 bridgehead atoms. The number of rotatable bonds is 59. The summed E-state index contributed by atoms with van der Waals surface area (Å²) < 4.78 is 16.8. The van der Waals surface area contributed by atoms with Crippen LogP contribution in [0.15, 0.2) is 146 Å². The van der Waals surface area contributed by atoms with Crippen LogP contribution in [0.3, 0.4) is 0 Å². The Morgan fingerprint density at radius 1 is 0.259 bits per heavy atom. The van der Waals surface area contributed by atoms with E-state index in [-0.39, 0.29) is 31.6 Å². The average Bonchev–Trinajstić information content (AvgIpc) is 3.47. The maximum Gasteiger partial charge on any atom is 0.306 e. The maximum atomic E-state index is 12.9. The second-order valence-corrected chi connectivity index (χ2v) is 21.6. The lowest BCUT2D eigenvalue weighted by Gasteiger charge is -2.18. The van der Waals surface area contributed by atoms with Gasteiger partial charge in [0.15, 0.2) is 6.10 Å². The van der Waals surface area contributed by atoms with Crippen LogP contribution in [0.1, 0.15) is 290 Å². The highest BCUT2D eigenvalue weighted by Crippen LogP contribution is 2.16. The third kappa shape index (κ3) is 66.0. The molecule has 0 aliphatic heterocycles. The molecule has 0 N–H and O–H groups in total. The molecule has 458 valence electrons. The Bertz CT molecular complexity index is 1760. The molecular weight excluding hydrogens is 997 g/mol. The van der Waals surface area contributed by atoms with E-state index in [1.807, 2.05) is 12.2 Å². The number of carbonyl (C=O) groups excluding carboxylic acids is 3. The Hall–Kier alpha value is -4.71. The predicted molar refractivity (Wildman–Crippen MR) is 352 cm³/mol. The van der Waals surface area contributed by atoms with Crippen molar-refractivity contribution < 1.29 is 28.6 Å². The largest absolute Gasteiger partial charge is 0.462 e. The zero-order chi connectivity index (χ0) is 58.5. The molecule has 0 saturated carbocycles. The zero-order valence-corrected chi connectivity index (χ0v) is 52.5. The molecule has 0 fully saturated rings. The van der Waals surface area contributed by atoms with Crippen molar-refractivity contribution in [2.45, 2.75) is 297 Å². The molecule has 0 aromatic rings. The first-order valence-electron chi connectivity index (χ1n) is 33.3. The molecule has 0 radical (unpaired) electrons. The summed E-state index contributed by atoms with van der Waals surface area (Å²) in [5.74, 6) is -1.04. The first-order valence-corrected chi connectivity index (χ1v) is 33.3. The van der Waals surface area contributed by atoms with Gasteiger partial charge >= 0.3 is 17.9 Å².